The Morgan fingerprint density at radius 1 is 1.00 bits per heavy atom. The van der Waals surface area contributed by atoms with E-state index < -0.39 is 10.0 Å². The Balaban J connectivity index is 1.61. The van der Waals surface area contributed by atoms with Crippen LogP contribution in [0.2, 0.25) is 0 Å². The zero-order valence-corrected chi connectivity index (χ0v) is 14.6. The number of para-hydroxylation sites is 1. The smallest absolute Gasteiger partial charge is 0.261 e. The third kappa shape index (κ3) is 3.39. The first-order chi connectivity index (χ1) is 12.0. The van der Waals surface area contributed by atoms with Crippen molar-refractivity contribution in [2.45, 2.75) is 43.0 Å². The molecule has 2 aromatic carbocycles. The summed E-state index contributed by atoms with van der Waals surface area (Å²) in [5.41, 5.74) is 2.98. The van der Waals surface area contributed by atoms with E-state index in [4.69, 9.17) is 0 Å². The summed E-state index contributed by atoms with van der Waals surface area (Å²) in [5.74, 6) is -0.241. The van der Waals surface area contributed by atoms with E-state index in [1.165, 1.54) is 5.56 Å². The summed E-state index contributed by atoms with van der Waals surface area (Å²) in [7, 11) is -3.73. The van der Waals surface area contributed by atoms with Gasteiger partial charge in [-0.05, 0) is 67.5 Å². The van der Waals surface area contributed by atoms with E-state index in [1.54, 1.807) is 36.4 Å². The van der Waals surface area contributed by atoms with E-state index in [0.29, 0.717) is 11.3 Å². The molecule has 0 aliphatic heterocycles. The highest BCUT2D eigenvalue weighted by molar-refractivity contribution is 7.92. The van der Waals surface area contributed by atoms with Crippen LogP contribution in [-0.2, 0) is 22.9 Å². The van der Waals surface area contributed by atoms with Gasteiger partial charge in [0.2, 0.25) is 0 Å². The third-order valence-corrected chi connectivity index (χ3v) is 6.07. The molecule has 5 nitrogen and oxygen atoms in total. The standard InChI is InChI=1S/C19H20N2O3S/c22-19(20-15-9-10-15)17-6-1-2-7-18(17)21-25(23,24)16-11-8-13-4-3-5-14(13)12-16/h1-2,6-8,11-12,15,21H,3-5,9-10H2,(H,20,22). The molecule has 0 heterocycles. The Morgan fingerprint density at radius 3 is 2.56 bits per heavy atom. The fraction of sp³-hybridized carbons (Fsp3) is 0.316. The van der Waals surface area contributed by atoms with Crippen molar-refractivity contribution in [3.05, 3.63) is 59.2 Å². The van der Waals surface area contributed by atoms with E-state index in [2.05, 4.69) is 10.0 Å². The zero-order chi connectivity index (χ0) is 17.4. The largest absolute Gasteiger partial charge is 0.349 e. The average Bonchev–Trinajstić information content (AvgIpc) is 3.27. The van der Waals surface area contributed by atoms with Crippen molar-refractivity contribution in [2.24, 2.45) is 0 Å². The number of rotatable bonds is 5. The van der Waals surface area contributed by atoms with Crippen molar-refractivity contribution in [3.63, 3.8) is 0 Å². The fourth-order valence-corrected chi connectivity index (χ4v) is 4.31. The second-order valence-corrected chi connectivity index (χ2v) is 8.37. The highest BCUT2D eigenvalue weighted by Crippen LogP contribution is 2.27. The Morgan fingerprint density at radius 2 is 1.76 bits per heavy atom. The van der Waals surface area contributed by atoms with E-state index in [9.17, 15) is 13.2 Å². The SMILES string of the molecule is O=C(NC1CC1)c1ccccc1NS(=O)(=O)c1ccc2c(c1)CCC2. The van der Waals surface area contributed by atoms with Crippen LogP contribution in [0.1, 0.15) is 40.7 Å². The number of aryl methyl sites for hydroxylation is 2. The van der Waals surface area contributed by atoms with Crippen LogP contribution >= 0.6 is 0 Å². The molecule has 0 aromatic heterocycles. The van der Waals surface area contributed by atoms with E-state index in [0.717, 1.165) is 37.7 Å². The van der Waals surface area contributed by atoms with Crippen molar-refractivity contribution in [3.8, 4) is 0 Å². The molecular formula is C19H20N2O3S. The number of hydrogen-bond donors (Lipinski definition) is 2. The maximum atomic E-state index is 12.8. The molecule has 2 aliphatic carbocycles. The van der Waals surface area contributed by atoms with Crippen LogP contribution in [0.4, 0.5) is 5.69 Å². The zero-order valence-electron chi connectivity index (χ0n) is 13.8. The minimum Gasteiger partial charge on any atom is -0.349 e. The van der Waals surface area contributed by atoms with E-state index >= 15 is 0 Å². The minimum absolute atomic E-state index is 0.217. The normalized spacial score (nSPS) is 16.3. The molecule has 1 saturated carbocycles. The number of sulfonamides is 1. The Kier molecular flexibility index (Phi) is 4.00. The Labute approximate surface area is 147 Å². The average molecular weight is 356 g/mol. The molecule has 2 N–H and O–H groups in total. The van der Waals surface area contributed by atoms with Crippen LogP contribution in [0.25, 0.3) is 0 Å². The van der Waals surface area contributed by atoms with Gasteiger partial charge in [0, 0.05) is 6.04 Å². The lowest BCUT2D eigenvalue weighted by molar-refractivity contribution is 0.0952. The molecule has 4 rings (SSSR count). The number of hydrogen-bond acceptors (Lipinski definition) is 3. The van der Waals surface area contributed by atoms with Gasteiger partial charge in [-0.3, -0.25) is 9.52 Å². The number of carbonyl (C=O) groups excluding carboxylic acids is 1. The first-order valence-corrected chi connectivity index (χ1v) is 10.1. The van der Waals surface area contributed by atoms with Crippen molar-refractivity contribution in [1.29, 1.82) is 0 Å². The van der Waals surface area contributed by atoms with Gasteiger partial charge < -0.3 is 5.32 Å². The maximum absolute atomic E-state index is 12.8. The Hall–Kier alpha value is -2.34. The van der Waals surface area contributed by atoms with Gasteiger partial charge in [0.05, 0.1) is 16.1 Å². The quantitative estimate of drug-likeness (QED) is 0.865. The van der Waals surface area contributed by atoms with Crippen LogP contribution in [-0.4, -0.2) is 20.4 Å². The number of fused-ring (bicyclic) bond motifs is 1. The summed E-state index contributed by atoms with van der Waals surface area (Å²) in [6.07, 6.45) is 4.95. The molecule has 0 radical (unpaired) electrons. The monoisotopic (exact) mass is 356 g/mol. The van der Waals surface area contributed by atoms with E-state index in [-0.39, 0.29) is 16.8 Å². The summed E-state index contributed by atoms with van der Waals surface area (Å²) < 4.78 is 28.1. The van der Waals surface area contributed by atoms with E-state index in [1.807, 2.05) is 6.07 Å². The van der Waals surface area contributed by atoms with Gasteiger partial charge in [-0.15, -0.1) is 0 Å². The second kappa shape index (κ2) is 6.19. The number of anilines is 1. The van der Waals surface area contributed by atoms with Gasteiger partial charge in [-0.25, -0.2) is 8.42 Å². The summed E-state index contributed by atoms with van der Waals surface area (Å²) in [6.45, 7) is 0. The molecule has 6 heteroatoms. The van der Waals surface area contributed by atoms with Gasteiger partial charge in [0.15, 0.2) is 0 Å². The van der Waals surface area contributed by atoms with Crippen LogP contribution in [0, 0.1) is 0 Å². The fourth-order valence-electron chi connectivity index (χ4n) is 3.18. The molecule has 25 heavy (non-hydrogen) atoms. The topological polar surface area (TPSA) is 75.3 Å². The molecular weight excluding hydrogens is 336 g/mol. The molecule has 1 amide bonds. The molecule has 0 atom stereocenters. The second-order valence-electron chi connectivity index (χ2n) is 6.68. The summed E-state index contributed by atoms with van der Waals surface area (Å²) in [6, 6.07) is 12.2. The molecule has 0 bridgehead atoms. The summed E-state index contributed by atoms with van der Waals surface area (Å²) in [4.78, 5) is 12.6. The molecule has 0 spiro atoms. The number of amides is 1. The first kappa shape index (κ1) is 16.1. The lowest BCUT2D eigenvalue weighted by Gasteiger charge is -2.13. The van der Waals surface area contributed by atoms with Gasteiger partial charge in [0.1, 0.15) is 0 Å². The van der Waals surface area contributed by atoms with Gasteiger partial charge in [-0.1, -0.05) is 18.2 Å². The van der Waals surface area contributed by atoms with Crippen LogP contribution in [0.15, 0.2) is 47.4 Å². The number of carbonyl (C=O) groups is 1. The van der Waals surface area contributed by atoms with Crippen LogP contribution < -0.4 is 10.0 Å². The van der Waals surface area contributed by atoms with Crippen molar-refractivity contribution >= 4 is 21.6 Å². The van der Waals surface area contributed by atoms with Crippen molar-refractivity contribution < 1.29 is 13.2 Å². The van der Waals surface area contributed by atoms with Gasteiger partial charge in [-0.2, -0.15) is 0 Å². The lowest BCUT2D eigenvalue weighted by atomic mass is 10.1. The molecule has 2 aliphatic rings. The minimum atomic E-state index is -3.73. The number of nitrogens with one attached hydrogen (secondary N) is 2. The van der Waals surface area contributed by atoms with Crippen LogP contribution in [0.3, 0.4) is 0 Å². The summed E-state index contributed by atoms with van der Waals surface area (Å²) >= 11 is 0. The van der Waals surface area contributed by atoms with Crippen molar-refractivity contribution in [2.75, 3.05) is 4.72 Å². The molecule has 0 saturated heterocycles. The predicted octanol–water partition coefficient (Wildman–Crippen LogP) is 2.87. The molecule has 130 valence electrons. The van der Waals surface area contributed by atoms with Crippen LogP contribution in [0.5, 0.6) is 0 Å². The maximum Gasteiger partial charge on any atom is 0.261 e. The summed E-state index contributed by atoms with van der Waals surface area (Å²) in [5, 5.41) is 2.90. The molecule has 1 fully saturated rings. The Bertz CT molecular complexity index is 933. The third-order valence-electron chi connectivity index (χ3n) is 4.71. The van der Waals surface area contributed by atoms with Crippen molar-refractivity contribution in [1.82, 2.24) is 5.32 Å². The molecule has 0 unspecified atom stereocenters. The van der Waals surface area contributed by atoms with Gasteiger partial charge in [0.25, 0.3) is 15.9 Å². The number of benzene rings is 2. The predicted molar refractivity (Wildman–Crippen MR) is 96.2 cm³/mol. The highest BCUT2D eigenvalue weighted by Gasteiger charge is 2.26. The van der Waals surface area contributed by atoms with Gasteiger partial charge >= 0.3 is 0 Å². The first-order valence-electron chi connectivity index (χ1n) is 8.57. The molecule has 2 aromatic rings. The lowest BCUT2D eigenvalue weighted by Crippen LogP contribution is -2.27. The highest BCUT2D eigenvalue weighted by atomic mass is 32.2.